The van der Waals surface area contributed by atoms with E-state index in [0.717, 1.165) is 74.5 Å². The lowest BCUT2D eigenvalue weighted by atomic mass is 9.75. The number of aliphatic imine (C=N–C) groups is 1. The second-order valence-corrected chi connectivity index (χ2v) is 13.3. The van der Waals surface area contributed by atoms with Gasteiger partial charge < -0.3 is 31.2 Å². The molecule has 8 heteroatoms. The third kappa shape index (κ3) is 11.4. The number of phenols is 1. The average Bonchev–Trinajstić information content (AvgIpc) is 3.51. The van der Waals surface area contributed by atoms with Crippen molar-refractivity contribution in [2.24, 2.45) is 34.2 Å². The molecule has 0 saturated heterocycles. The maximum absolute atomic E-state index is 13.1. The number of ether oxygens (including phenoxy) is 2. The standard InChI is InChI=1S/C37H57N3O5/c1-5-26(21-22-41)14-18-30(42)19-16-27-23-34(45-31-10-6-7-11-31)36(43)35-32(27)12-8-9-29(40-37(38)39)17-15-28(24-44-4)33(35)20-13-25(2)3/h14,18,23,25-26,28-29,31,33,41,43H,5-7,9-11,13,15-17,19-22,24H2,1-4H3,(H4,38,39,40)/t26-,28?,29-,33-/m1/s1. The van der Waals surface area contributed by atoms with Crippen molar-refractivity contribution in [1.82, 2.24) is 0 Å². The van der Waals surface area contributed by atoms with E-state index in [1.807, 2.05) is 12.1 Å². The number of allylic oxidation sites excluding steroid dienone is 2. The van der Waals surface area contributed by atoms with Crippen molar-refractivity contribution in [2.75, 3.05) is 20.3 Å². The number of phenolic OH excluding ortho intramolecular Hbond substituents is 1. The minimum absolute atomic E-state index is 0.0279. The Labute approximate surface area is 271 Å². The summed E-state index contributed by atoms with van der Waals surface area (Å²) in [6.45, 7) is 7.13. The second-order valence-electron chi connectivity index (χ2n) is 13.3. The molecule has 6 N–H and O–H groups in total. The first-order valence-electron chi connectivity index (χ1n) is 17.1. The normalized spacial score (nSPS) is 21.2. The molecule has 0 bridgehead atoms. The smallest absolute Gasteiger partial charge is 0.186 e. The van der Waals surface area contributed by atoms with Crippen LogP contribution in [0.1, 0.15) is 120 Å². The van der Waals surface area contributed by atoms with Crippen LogP contribution in [0.3, 0.4) is 0 Å². The van der Waals surface area contributed by atoms with Crippen LogP contribution < -0.4 is 16.2 Å². The Balaban J connectivity index is 2.15. The number of aryl methyl sites for hydroxylation is 1. The average molecular weight is 624 g/mol. The summed E-state index contributed by atoms with van der Waals surface area (Å²) in [4.78, 5) is 17.5. The van der Waals surface area contributed by atoms with Crippen molar-refractivity contribution in [3.05, 3.63) is 34.9 Å². The third-order valence-corrected chi connectivity index (χ3v) is 9.33. The summed E-state index contributed by atoms with van der Waals surface area (Å²) in [6.07, 6.45) is 14.0. The molecule has 45 heavy (non-hydrogen) atoms. The predicted octanol–water partition coefficient (Wildman–Crippen LogP) is 6.14. The number of methoxy groups -OCH3 is 1. The molecule has 3 rings (SSSR count). The lowest BCUT2D eigenvalue weighted by Gasteiger charge is -2.32. The van der Waals surface area contributed by atoms with Crippen LogP contribution >= 0.6 is 0 Å². The summed E-state index contributed by atoms with van der Waals surface area (Å²) in [5.74, 6) is 8.25. The van der Waals surface area contributed by atoms with Crippen LogP contribution in [0.15, 0.2) is 23.2 Å². The first kappa shape index (κ1) is 36.4. The molecule has 8 nitrogen and oxygen atoms in total. The molecule has 0 aromatic heterocycles. The number of nitrogens with two attached hydrogens (primary N) is 2. The number of guanidine groups is 1. The van der Waals surface area contributed by atoms with Crippen LogP contribution in [-0.2, 0) is 16.0 Å². The number of carbonyl (C=O) groups excluding carboxylic acids is 1. The number of benzene rings is 1. The van der Waals surface area contributed by atoms with Gasteiger partial charge in [-0.1, -0.05) is 45.1 Å². The highest BCUT2D eigenvalue weighted by Crippen LogP contribution is 2.47. The van der Waals surface area contributed by atoms with Crippen LogP contribution in [0.4, 0.5) is 0 Å². The summed E-state index contributed by atoms with van der Waals surface area (Å²) in [6, 6.07) is 1.79. The van der Waals surface area contributed by atoms with Crippen molar-refractivity contribution >= 4 is 11.7 Å². The number of nitrogens with zero attached hydrogens (tertiary/aromatic N) is 1. The van der Waals surface area contributed by atoms with Gasteiger partial charge in [-0.3, -0.25) is 4.79 Å². The molecule has 0 spiro atoms. The highest BCUT2D eigenvalue weighted by molar-refractivity contribution is 5.89. The van der Waals surface area contributed by atoms with Gasteiger partial charge in [0.2, 0.25) is 0 Å². The summed E-state index contributed by atoms with van der Waals surface area (Å²) in [5, 5.41) is 21.3. The lowest BCUT2D eigenvalue weighted by Crippen LogP contribution is -2.27. The van der Waals surface area contributed by atoms with E-state index in [4.69, 9.17) is 20.9 Å². The number of hydrogen-bond donors (Lipinski definition) is 4. The molecular formula is C37H57N3O5. The van der Waals surface area contributed by atoms with Crippen LogP contribution in [0, 0.1) is 29.6 Å². The minimum Gasteiger partial charge on any atom is -0.504 e. The number of rotatable bonds is 16. The van der Waals surface area contributed by atoms with Crippen molar-refractivity contribution in [1.29, 1.82) is 0 Å². The summed E-state index contributed by atoms with van der Waals surface area (Å²) in [5.41, 5.74) is 14.1. The number of aliphatic hydroxyl groups excluding tert-OH is 1. The fourth-order valence-corrected chi connectivity index (χ4v) is 6.72. The maximum atomic E-state index is 13.1. The Kier molecular flexibility index (Phi) is 15.3. The molecule has 2 aliphatic rings. The largest absolute Gasteiger partial charge is 0.504 e. The number of aromatic hydroxyl groups is 1. The van der Waals surface area contributed by atoms with E-state index < -0.39 is 0 Å². The molecule has 0 amide bonds. The highest BCUT2D eigenvalue weighted by Gasteiger charge is 2.33. The second kappa shape index (κ2) is 18.8. The molecule has 2 aliphatic carbocycles. The number of aliphatic hydroxyl groups is 1. The van der Waals surface area contributed by atoms with Crippen molar-refractivity contribution in [3.63, 3.8) is 0 Å². The predicted molar refractivity (Wildman–Crippen MR) is 181 cm³/mol. The Hall–Kier alpha value is -3.02. The van der Waals surface area contributed by atoms with Gasteiger partial charge in [-0.25, -0.2) is 4.99 Å². The SMILES string of the molecule is CC[C@H](C=CC(=O)CCc1cc(OC2CCCC2)c(O)c2c1C#CC[C@@H](N=C(N)N)CCC(COC)[C@H]2CCC(C)C)CCO. The fraction of sp³-hybridized carbons (Fsp3) is 0.676. The van der Waals surface area contributed by atoms with Crippen LogP contribution in [0.25, 0.3) is 0 Å². The fourth-order valence-electron chi connectivity index (χ4n) is 6.72. The van der Waals surface area contributed by atoms with Gasteiger partial charge in [0, 0.05) is 44.3 Å². The summed E-state index contributed by atoms with van der Waals surface area (Å²) < 4.78 is 12.3. The molecule has 1 unspecified atom stereocenters. The van der Waals surface area contributed by atoms with Gasteiger partial charge in [0.05, 0.1) is 12.1 Å². The van der Waals surface area contributed by atoms with E-state index in [-0.39, 0.29) is 54.0 Å². The summed E-state index contributed by atoms with van der Waals surface area (Å²) in [7, 11) is 1.72. The Morgan fingerprint density at radius 2 is 1.93 bits per heavy atom. The number of ketones is 1. The molecule has 0 aliphatic heterocycles. The van der Waals surface area contributed by atoms with E-state index in [2.05, 4.69) is 37.6 Å². The van der Waals surface area contributed by atoms with Crippen LogP contribution in [-0.4, -0.2) is 54.4 Å². The first-order chi connectivity index (χ1) is 21.7. The quantitative estimate of drug-likeness (QED) is 0.0750. The zero-order valence-corrected chi connectivity index (χ0v) is 28.0. The zero-order valence-electron chi connectivity index (χ0n) is 28.0. The van der Waals surface area contributed by atoms with Gasteiger partial charge in [0.25, 0.3) is 0 Å². The molecule has 4 atom stereocenters. The minimum atomic E-state index is -0.131. The Bertz CT molecular complexity index is 1200. The zero-order chi connectivity index (χ0) is 32.8. The Morgan fingerprint density at radius 3 is 2.58 bits per heavy atom. The van der Waals surface area contributed by atoms with Gasteiger partial charge in [0.1, 0.15) is 0 Å². The van der Waals surface area contributed by atoms with E-state index in [1.165, 1.54) is 0 Å². The first-order valence-corrected chi connectivity index (χ1v) is 17.1. The lowest BCUT2D eigenvalue weighted by molar-refractivity contribution is -0.114. The molecule has 0 radical (unpaired) electrons. The maximum Gasteiger partial charge on any atom is 0.186 e. The van der Waals surface area contributed by atoms with Gasteiger partial charge >= 0.3 is 0 Å². The number of hydrogen-bond acceptors (Lipinski definition) is 6. The van der Waals surface area contributed by atoms with E-state index in [0.29, 0.717) is 44.0 Å². The number of fused-ring (bicyclic) bond motifs is 1. The summed E-state index contributed by atoms with van der Waals surface area (Å²) >= 11 is 0. The van der Waals surface area contributed by atoms with Gasteiger partial charge in [-0.05, 0) is 106 Å². The van der Waals surface area contributed by atoms with E-state index in [1.54, 1.807) is 13.2 Å². The van der Waals surface area contributed by atoms with Crippen LogP contribution in [0.5, 0.6) is 11.5 Å². The van der Waals surface area contributed by atoms with E-state index in [9.17, 15) is 15.0 Å². The monoisotopic (exact) mass is 623 g/mol. The molecule has 0 heterocycles. The molecule has 1 aromatic rings. The van der Waals surface area contributed by atoms with Crippen molar-refractivity contribution in [2.45, 2.75) is 122 Å². The molecule has 250 valence electrons. The van der Waals surface area contributed by atoms with Gasteiger partial charge in [0.15, 0.2) is 23.2 Å². The van der Waals surface area contributed by atoms with Crippen LogP contribution in [0.2, 0.25) is 0 Å². The van der Waals surface area contributed by atoms with Gasteiger partial charge in [-0.15, -0.1) is 0 Å². The third-order valence-electron chi connectivity index (χ3n) is 9.33. The number of carbonyl (C=O) groups is 1. The molecule has 1 fully saturated rings. The van der Waals surface area contributed by atoms with Gasteiger partial charge in [-0.2, -0.15) is 0 Å². The van der Waals surface area contributed by atoms with E-state index >= 15 is 0 Å². The Morgan fingerprint density at radius 1 is 1.18 bits per heavy atom. The molecule has 1 aromatic carbocycles. The molecular weight excluding hydrogens is 566 g/mol. The van der Waals surface area contributed by atoms with Crippen molar-refractivity contribution < 1.29 is 24.5 Å². The molecule has 1 saturated carbocycles. The van der Waals surface area contributed by atoms with Crippen molar-refractivity contribution in [3.8, 4) is 23.3 Å². The highest BCUT2D eigenvalue weighted by atomic mass is 16.5. The topological polar surface area (TPSA) is 140 Å².